The number of ketones is 1. The minimum atomic E-state index is -4.47. The van der Waals surface area contributed by atoms with Gasteiger partial charge in [0.2, 0.25) is 5.78 Å². The van der Waals surface area contributed by atoms with Gasteiger partial charge in [0.25, 0.3) is 0 Å². The summed E-state index contributed by atoms with van der Waals surface area (Å²) in [5.41, 5.74) is 0.215. The molecule has 1 heterocycles. The summed E-state index contributed by atoms with van der Waals surface area (Å²) in [7, 11) is 0. The average molecular weight is 293 g/mol. The number of alkyl halides is 3. The molecule has 5 heteroatoms. The van der Waals surface area contributed by atoms with Crippen LogP contribution >= 0.6 is 0 Å². The number of pyridine rings is 1. The second-order valence-electron chi connectivity index (χ2n) is 5.04. The van der Waals surface area contributed by atoms with Crippen LogP contribution in [0, 0.1) is 0 Å². The molecule has 1 aromatic heterocycles. The number of hydrogen-bond donors (Lipinski definition) is 0. The molecule has 0 N–H and O–H groups in total. The lowest BCUT2D eigenvalue weighted by Crippen LogP contribution is -2.09. The Balaban J connectivity index is 2.39. The zero-order valence-corrected chi connectivity index (χ0v) is 11.6. The largest absolute Gasteiger partial charge is 0.416 e. The number of aromatic nitrogens is 1. The summed E-state index contributed by atoms with van der Waals surface area (Å²) in [5.74, 6) is -0.301. The number of hydrogen-bond acceptors (Lipinski definition) is 2. The van der Waals surface area contributed by atoms with Crippen LogP contribution in [0.5, 0.6) is 0 Å². The van der Waals surface area contributed by atoms with Crippen LogP contribution in [-0.2, 0) is 6.18 Å². The van der Waals surface area contributed by atoms with Crippen molar-refractivity contribution < 1.29 is 18.0 Å². The number of rotatable bonds is 3. The van der Waals surface area contributed by atoms with Crippen molar-refractivity contribution in [2.24, 2.45) is 0 Å². The summed E-state index contributed by atoms with van der Waals surface area (Å²) in [6, 6.07) is 7.78. The molecule has 0 aliphatic carbocycles. The second kappa shape index (κ2) is 5.68. The van der Waals surface area contributed by atoms with E-state index in [0.717, 1.165) is 17.7 Å². The van der Waals surface area contributed by atoms with E-state index < -0.39 is 17.5 Å². The third-order valence-corrected chi connectivity index (χ3v) is 3.14. The van der Waals surface area contributed by atoms with Crippen molar-refractivity contribution in [3.8, 4) is 0 Å². The molecule has 0 saturated carbocycles. The maximum absolute atomic E-state index is 12.7. The third kappa shape index (κ3) is 3.48. The molecule has 0 spiro atoms. The van der Waals surface area contributed by atoms with Crippen LogP contribution in [0.15, 0.2) is 42.6 Å². The van der Waals surface area contributed by atoms with Crippen LogP contribution in [0.1, 0.15) is 46.9 Å². The highest BCUT2D eigenvalue weighted by Crippen LogP contribution is 2.30. The standard InChI is InChI=1S/C16H14F3NO/c1-10(2)11-6-7-20-14(9-11)15(21)12-4-3-5-13(8-12)16(17,18)19/h3-10H,1-2H3. The van der Waals surface area contributed by atoms with E-state index in [2.05, 4.69) is 4.98 Å². The highest BCUT2D eigenvalue weighted by molar-refractivity contribution is 6.07. The van der Waals surface area contributed by atoms with Gasteiger partial charge in [-0.25, -0.2) is 0 Å². The Hall–Kier alpha value is -2.17. The number of benzene rings is 1. The molecule has 0 bridgehead atoms. The molecule has 110 valence electrons. The lowest BCUT2D eigenvalue weighted by molar-refractivity contribution is -0.137. The Morgan fingerprint density at radius 1 is 1.14 bits per heavy atom. The highest BCUT2D eigenvalue weighted by atomic mass is 19.4. The van der Waals surface area contributed by atoms with Crippen molar-refractivity contribution in [1.82, 2.24) is 4.98 Å². The minimum absolute atomic E-state index is 0.0155. The lowest BCUT2D eigenvalue weighted by Gasteiger charge is -2.09. The van der Waals surface area contributed by atoms with E-state index in [0.29, 0.717) is 0 Å². The molecule has 0 saturated heterocycles. The van der Waals surface area contributed by atoms with E-state index in [-0.39, 0.29) is 17.2 Å². The number of halogens is 3. The first-order valence-corrected chi connectivity index (χ1v) is 6.47. The third-order valence-electron chi connectivity index (χ3n) is 3.14. The number of carbonyl (C=O) groups is 1. The fourth-order valence-electron chi connectivity index (χ4n) is 1.91. The molecule has 21 heavy (non-hydrogen) atoms. The highest BCUT2D eigenvalue weighted by Gasteiger charge is 2.31. The molecule has 0 unspecified atom stereocenters. The van der Waals surface area contributed by atoms with E-state index in [4.69, 9.17) is 0 Å². The molecule has 0 atom stereocenters. The van der Waals surface area contributed by atoms with Crippen molar-refractivity contribution in [2.45, 2.75) is 25.9 Å². The Morgan fingerprint density at radius 2 is 1.86 bits per heavy atom. The Morgan fingerprint density at radius 3 is 2.48 bits per heavy atom. The molecule has 1 aromatic carbocycles. The van der Waals surface area contributed by atoms with Crippen LogP contribution in [0.2, 0.25) is 0 Å². The van der Waals surface area contributed by atoms with E-state index in [1.54, 1.807) is 12.1 Å². The number of nitrogens with zero attached hydrogens (tertiary/aromatic N) is 1. The predicted octanol–water partition coefficient (Wildman–Crippen LogP) is 4.45. The van der Waals surface area contributed by atoms with Gasteiger partial charge in [-0.15, -0.1) is 0 Å². The molecule has 2 aromatic rings. The summed E-state index contributed by atoms with van der Waals surface area (Å²) in [5, 5.41) is 0. The Kier molecular flexibility index (Phi) is 4.11. The van der Waals surface area contributed by atoms with Crippen molar-refractivity contribution in [2.75, 3.05) is 0 Å². The van der Waals surface area contributed by atoms with Gasteiger partial charge >= 0.3 is 6.18 Å². The van der Waals surface area contributed by atoms with Gasteiger partial charge in [0.05, 0.1) is 5.56 Å². The molecule has 0 aliphatic heterocycles. The van der Waals surface area contributed by atoms with Crippen LogP contribution in [0.3, 0.4) is 0 Å². The molecule has 2 nitrogen and oxygen atoms in total. The van der Waals surface area contributed by atoms with Crippen molar-refractivity contribution in [1.29, 1.82) is 0 Å². The average Bonchev–Trinajstić information content (AvgIpc) is 2.46. The van der Waals surface area contributed by atoms with Gasteiger partial charge in [0.1, 0.15) is 5.69 Å². The summed E-state index contributed by atoms with van der Waals surface area (Å²) >= 11 is 0. The number of carbonyl (C=O) groups excluding carboxylic acids is 1. The molecular formula is C16H14F3NO. The van der Waals surface area contributed by atoms with E-state index in [9.17, 15) is 18.0 Å². The van der Waals surface area contributed by atoms with Crippen LogP contribution in [0.4, 0.5) is 13.2 Å². The Labute approximate surface area is 120 Å². The molecule has 2 rings (SSSR count). The topological polar surface area (TPSA) is 30.0 Å². The summed E-state index contributed by atoms with van der Waals surface area (Å²) in [6.07, 6.45) is -2.97. The maximum atomic E-state index is 12.7. The minimum Gasteiger partial charge on any atom is -0.287 e. The van der Waals surface area contributed by atoms with Gasteiger partial charge in [-0.1, -0.05) is 26.0 Å². The fraction of sp³-hybridized carbons (Fsp3) is 0.250. The zero-order valence-electron chi connectivity index (χ0n) is 11.6. The fourth-order valence-corrected chi connectivity index (χ4v) is 1.91. The van der Waals surface area contributed by atoms with Crippen LogP contribution < -0.4 is 0 Å². The first-order chi connectivity index (χ1) is 9.79. The van der Waals surface area contributed by atoms with Crippen molar-refractivity contribution >= 4 is 5.78 Å². The Bertz CT molecular complexity index is 663. The summed E-state index contributed by atoms with van der Waals surface area (Å²) in [6.45, 7) is 3.93. The van der Waals surface area contributed by atoms with E-state index in [1.807, 2.05) is 13.8 Å². The first kappa shape index (κ1) is 15.2. The summed E-state index contributed by atoms with van der Waals surface area (Å²) in [4.78, 5) is 16.2. The summed E-state index contributed by atoms with van der Waals surface area (Å²) < 4.78 is 38.0. The lowest BCUT2D eigenvalue weighted by atomic mass is 10.00. The van der Waals surface area contributed by atoms with Gasteiger partial charge in [-0.3, -0.25) is 9.78 Å². The van der Waals surface area contributed by atoms with E-state index in [1.165, 1.54) is 18.3 Å². The van der Waals surface area contributed by atoms with Gasteiger partial charge in [-0.2, -0.15) is 13.2 Å². The maximum Gasteiger partial charge on any atom is 0.416 e. The predicted molar refractivity (Wildman–Crippen MR) is 73.2 cm³/mol. The van der Waals surface area contributed by atoms with Gasteiger partial charge in [-0.05, 0) is 35.7 Å². The van der Waals surface area contributed by atoms with Gasteiger partial charge in [0.15, 0.2) is 0 Å². The second-order valence-corrected chi connectivity index (χ2v) is 5.04. The molecule has 0 fully saturated rings. The molecular weight excluding hydrogens is 279 g/mol. The van der Waals surface area contributed by atoms with E-state index >= 15 is 0 Å². The molecule has 0 aliphatic rings. The van der Waals surface area contributed by atoms with Crippen LogP contribution in [-0.4, -0.2) is 10.8 Å². The monoisotopic (exact) mass is 293 g/mol. The molecule has 0 amide bonds. The smallest absolute Gasteiger partial charge is 0.287 e. The van der Waals surface area contributed by atoms with Crippen molar-refractivity contribution in [3.63, 3.8) is 0 Å². The normalized spacial score (nSPS) is 11.7. The van der Waals surface area contributed by atoms with Crippen molar-refractivity contribution in [3.05, 3.63) is 65.0 Å². The van der Waals surface area contributed by atoms with Gasteiger partial charge < -0.3 is 0 Å². The quantitative estimate of drug-likeness (QED) is 0.782. The van der Waals surface area contributed by atoms with Crippen LogP contribution in [0.25, 0.3) is 0 Å². The van der Waals surface area contributed by atoms with Gasteiger partial charge in [0, 0.05) is 11.8 Å². The first-order valence-electron chi connectivity index (χ1n) is 6.47. The SMILES string of the molecule is CC(C)c1ccnc(C(=O)c2cccc(C(F)(F)F)c2)c1. The zero-order chi connectivity index (χ0) is 15.6. The molecule has 0 radical (unpaired) electrons.